The van der Waals surface area contributed by atoms with Crippen LogP contribution in [0.4, 0.5) is 19.0 Å². The van der Waals surface area contributed by atoms with Crippen LogP contribution in [0.2, 0.25) is 0 Å². The number of methoxy groups -OCH3 is 1. The zero-order chi connectivity index (χ0) is 17.5. The highest BCUT2D eigenvalue weighted by molar-refractivity contribution is 5.93. The predicted octanol–water partition coefficient (Wildman–Crippen LogP) is 3.25. The van der Waals surface area contributed by atoms with Gasteiger partial charge in [0.05, 0.1) is 19.3 Å². The molecule has 0 saturated heterocycles. The Morgan fingerprint density at radius 3 is 2.83 bits per heavy atom. The maximum atomic E-state index is 13.4. The lowest BCUT2D eigenvalue weighted by molar-refractivity contribution is -0.173. The molecule has 0 aliphatic carbocycles. The number of aromatic nitrogens is 2. The summed E-state index contributed by atoms with van der Waals surface area (Å²) in [4.78, 5) is 11.2. The van der Waals surface area contributed by atoms with Crippen molar-refractivity contribution in [2.75, 3.05) is 12.4 Å². The molecule has 6 nitrogen and oxygen atoms in total. The first-order valence-corrected chi connectivity index (χ1v) is 7.09. The zero-order valence-corrected chi connectivity index (χ0v) is 12.5. The number of nitrogens with one attached hydrogen (secondary N) is 1. The van der Waals surface area contributed by atoms with E-state index in [0.717, 1.165) is 6.20 Å². The number of hydrogen-bond donors (Lipinski definition) is 2. The van der Waals surface area contributed by atoms with E-state index in [-0.39, 0.29) is 17.8 Å². The van der Waals surface area contributed by atoms with E-state index in [0.29, 0.717) is 16.0 Å². The molecule has 9 heteroatoms. The molecule has 2 heterocycles. The number of ether oxygens (including phenoxy) is 1. The van der Waals surface area contributed by atoms with Crippen LogP contribution >= 0.6 is 0 Å². The molecule has 0 bridgehead atoms. The standard InChI is InChI=1S/C15H14F3N3O3/c1-24-9-4-2-3-8(5-9)11-6-12(15(16,17)18)21-13(20-11)10(7-19-21)14(22)23/h2-5,7,11-12,20H,6H2,1H3,(H,22,23)/t11-,12+/m0/s1. The number of fused-ring (bicyclic) bond motifs is 1. The monoisotopic (exact) mass is 341 g/mol. The van der Waals surface area contributed by atoms with E-state index in [1.807, 2.05) is 0 Å². The number of aromatic carboxylic acids is 1. The van der Waals surface area contributed by atoms with Crippen LogP contribution in [-0.2, 0) is 0 Å². The van der Waals surface area contributed by atoms with Gasteiger partial charge in [-0.15, -0.1) is 0 Å². The molecule has 2 aromatic rings. The second kappa shape index (κ2) is 5.73. The Labute approximate surface area is 134 Å². The summed E-state index contributed by atoms with van der Waals surface area (Å²) in [6.45, 7) is 0. The number of carboxylic acid groups (broad SMARTS) is 1. The third-order valence-corrected chi connectivity index (χ3v) is 3.97. The smallest absolute Gasteiger partial charge is 0.410 e. The van der Waals surface area contributed by atoms with Gasteiger partial charge in [-0.1, -0.05) is 12.1 Å². The summed E-state index contributed by atoms with van der Waals surface area (Å²) in [5.41, 5.74) is 0.282. The Morgan fingerprint density at radius 1 is 1.46 bits per heavy atom. The average Bonchev–Trinajstić information content (AvgIpc) is 2.97. The highest BCUT2D eigenvalue weighted by atomic mass is 19.4. The average molecular weight is 341 g/mol. The van der Waals surface area contributed by atoms with Gasteiger partial charge in [-0.2, -0.15) is 18.3 Å². The Kier molecular flexibility index (Phi) is 3.86. The van der Waals surface area contributed by atoms with Crippen molar-refractivity contribution in [1.29, 1.82) is 0 Å². The number of benzene rings is 1. The molecule has 0 spiro atoms. The van der Waals surface area contributed by atoms with Gasteiger partial charge in [0.1, 0.15) is 17.1 Å². The highest BCUT2D eigenvalue weighted by Crippen LogP contribution is 2.44. The van der Waals surface area contributed by atoms with Gasteiger partial charge in [0, 0.05) is 6.42 Å². The van der Waals surface area contributed by atoms with Crippen molar-refractivity contribution in [2.24, 2.45) is 0 Å². The molecule has 0 saturated carbocycles. The fourth-order valence-corrected chi connectivity index (χ4v) is 2.80. The largest absolute Gasteiger partial charge is 0.497 e. The molecule has 128 valence electrons. The zero-order valence-electron chi connectivity index (χ0n) is 12.5. The van der Waals surface area contributed by atoms with Gasteiger partial charge < -0.3 is 15.2 Å². The van der Waals surface area contributed by atoms with Crippen LogP contribution in [0, 0.1) is 0 Å². The predicted molar refractivity (Wildman–Crippen MR) is 78.3 cm³/mol. The summed E-state index contributed by atoms with van der Waals surface area (Å²) in [6, 6.07) is 4.02. The highest BCUT2D eigenvalue weighted by Gasteiger charge is 2.47. The molecule has 3 rings (SSSR count). The molecule has 0 unspecified atom stereocenters. The molecule has 1 aliphatic heterocycles. The van der Waals surface area contributed by atoms with E-state index in [2.05, 4.69) is 10.4 Å². The summed E-state index contributed by atoms with van der Waals surface area (Å²) in [5.74, 6) is -0.977. The Bertz CT molecular complexity index is 773. The molecule has 2 atom stereocenters. The number of hydrogen-bond acceptors (Lipinski definition) is 4. The second-order valence-corrected chi connectivity index (χ2v) is 5.42. The molecule has 2 N–H and O–H groups in total. The number of rotatable bonds is 3. The first-order valence-electron chi connectivity index (χ1n) is 7.09. The number of anilines is 1. The second-order valence-electron chi connectivity index (χ2n) is 5.42. The van der Waals surface area contributed by atoms with E-state index in [1.54, 1.807) is 24.3 Å². The summed E-state index contributed by atoms with van der Waals surface area (Å²) >= 11 is 0. The first kappa shape index (κ1) is 16.2. The van der Waals surface area contributed by atoms with Crippen LogP contribution in [0.3, 0.4) is 0 Å². The fourth-order valence-electron chi connectivity index (χ4n) is 2.80. The van der Waals surface area contributed by atoms with Gasteiger partial charge >= 0.3 is 12.1 Å². The van der Waals surface area contributed by atoms with Crippen molar-refractivity contribution in [1.82, 2.24) is 9.78 Å². The lowest BCUT2D eigenvalue weighted by Crippen LogP contribution is -2.36. The topological polar surface area (TPSA) is 76.4 Å². The van der Waals surface area contributed by atoms with Crippen molar-refractivity contribution in [3.05, 3.63) is 41.6 Å². The van der Waals surface area contributed by atoms with Gasteiger partial charge in [-0.25, -0.2) is 9.48 Å². The van der Waals surface area contributed by atoms with Crippen LogP contribution in [0.15, 0.2) is 30.5 Å². The lowest BCUT2D eigenvalue weighted by Gasteiger charge is -2.33. The quantitative estimate of drug-likeness (QED) is 0.896. The van der Waals surface area contributed by atoms with E-state index in [4.69, 9.17) is 9.84 Å². The number of carboxylic acids is 1. The van der Waals surface area contributed by atoms with Crippen LogP contribution in [0.1, 0.15) is 34.4 Å². The maximum Gasteiger partial charge on any atom is 0.410 e. The van der Waals surface area contributed by atoms with Crippen LogP contribution in [0.25, 0.3) is 0 Å². The maximum absolute atomic E-state index is 13.4. The molecule has 1 aromatic carbocycles. The minimum Gasteiger partial charge on any atom is -0.497 e. The van der Waals surface area contributed by atoms with Gasteiger partial charge in [-0.05, 0) is 17.7 Å². The molecule has 0 fully saturated rings. The van der Waals surface area contributed by atoms with Gasteiger partial charge in [-0.3, -0.25) is 0 Å². The van der Waals surface area contributed by atoms with Crippen LogP contribution < -0.4 is 10.1 Å². The van der Waals surface area contributed by atoms with E-state index < -0.39 is 24.2 Å². The molecule has 24 heavy (non-hydrogen) atoms. The molecule has 0 radical (unpaired) electrons. The van der Waals surface area contributed by atoms with Gasteiger partial charge in [0.25, 0.3) is 0 Å². The number of nitrogens with zero attached hydrogens (tertiary/aromatic N) is 2. The summed E-state index contributed by atoms with van der Waals surface area (Å²) in [7, 11) is 1.46. The van der Waals surface area contributed by atoms with E-state index >= 15 is 0 Å². The minimum absolute atomic E-state index is 0.149. The Balaban J connectivity index is 2.05. The number of alkyl halides is 3. The van der Waals surface area contributed by atoms with Crippen LogP contribution in [0.5, 0.6) is 5.75 Å². The first-order chi connectivity index (χ1) is 11.3. The SMILES string of the molecule is COc1cccc([C@@H]2C[C@H](C(F)(F)F)n3ncc(C(=O)O)c3N2)c1. The summed E-state index contributed by atoms with van der Waals surface area (Å²) in [5, 5.41) is 15.6. The third kappa shape index (κ3) is 2.77. The van der Waals surface area contributed by atoms with Crippen molar-refractivity contribution >= 4 is 11.8 Å². The van der Waals surface area contributed by atoms with Gasteiger partial charge in [0.15, 0.2) is 6.04 Å². The minimum atomic E-state index is -4.55. The third-order valence-electron chi connectivity index (χ3n) is 3.97. The number of halogens is 3. The Morgan fingerprint density at radius 2 is 2.21 bits per heavy atom. The Hall–Kier alpha value is -2.71. The number of carbonyl (C=O) groups is 1. The molecule has 1 aliphatic rings. The molecular weight excluding hydrogens is 327 g/mol. The van der Waals surface area contributed by atoms with E-state index in [9.17, 15) is 18.0 Å². The van der Waals surface area contributed by atoms with Crippen molar-refractivity contribution < 1.29 is 27.8 Å². The van der Waals surface area contributed by atoms with Crippen molar-refractivity contribution in [2.45, 2.75) is 24.7 Å². The summed E-state index contributed by atoms with van der Waals surface area (Å²) in [6.07, 6.45) is -3.92. The lowest BCUT2D eigenvalue weighted by atomic mass is 9.96. The van der Waals surface area contributed by atoms with E-state index in [1.165, 1.54) is 7.11 Å². The normalized spacial score (nSPS) is 20.2. The molecular formula is C15H14F3N3O3. The van der Waals surface area contributed by atoms with Gasteiger partial charge in [0.2, 0.25) is 0 Å². The van der Waals surface area contributed by atoms with Crippen LogP contribution in [-0.4, -0.2) is 34.1 Å². The molecule has 1 aromatic heterocycles. The van der Waals surface area contributed by atoms with Crippen molar-refractivity contribution in [3.63, 3.8) is 0 Å². The van der Waals surface area contributed by atoms with Crippen molar-refractivity contribution in [3.8, 4) is 5.75 Å². The summed E-state index contributed by atoms with van der Waals surface area (Å²) < 4.78 is 46.0. The molecule has 0 amide bonds. The fraction of sp³-hybridized carbons (Fsp3) is 0.333.